The van der Waals surface area contributed by atoms with Crippen molar-refractivity contribution in [3.05, 3.63) is 34.4 Å². The second-order valence-electron chi connectivity index (χ2n) is 3.79. The van der Waals surface area contributed by atoms with Gasteiger partial charge in [-0.1, -0.05) is 28.9 Å². The number of nitro groups is 1. The first-order valence-corrected chi connectivity index (χ1v) is 6.39. The van der Waals surface area contributed by atoms with Crippen molar-refractivity contribution in [1.29, 1.82) is 0 Å². The van der Waals surface area contributed by atoms with Gasteiger partial charge in [-0.15, -0.1) is 0 Å². The molecule has 1 unspecified atom stereocenters. The molecule has 0 spiro atoms. The van der Waals surface area contributed by atoms with E-state index in [2.05, 4.69) is 21.2 Å². The van der Waals surface area contributed by atoms with E-state index in [9.17, 15) is 14.9 Å². The maximum absolute atomic E-state index is 11.4. The van der Waals surface area contributed by atoms with Gasteiger partial charge in [-0.05, 0) is 6.07 Å². The van der Waals surface area contributed by atoms with Gasteiger partial charge >= 0.3 is 6.09 Å². The van der Waals surface area contributed by atoms with Crippen molar-refractivity contribution in [1.82, 2.24) is 0 Å². The SMILES string of the molecule is CC(CBr)COC(=O)Nc1cccc([N+](=O)[O-])c1. The van der Waals surface area contributed by atoms with Gasteiger partial charge in [-0.3, -0.25) is 15.4 Å². The summed E-state index contributed by atoms with van der Waals surface area (Å²) in [6.07, 6.45) is -0.622. The molecule has 1 rings (SSSR count). The normalized spacial score (nSPS) is 11.7. The molecule has 1 N–H and O–H groups in total. The zero-order valence-corrected chi connectivity index (χ0v) is 11.3. The number of hydrogen-bond acceptors (Lipinski definition) is 4. The Morgan fingerprint density at radius 3 is 2.94 bits per heavy atom. The lowest BCUT2D eigenvalue weighted by atomic mass is 10.2. The first-order chi connectivity index (χ1) is 8.52. The maximum atomic E-state index is 11.4. The molecule has 0 saturated heterocycles. The second-order valence-corrected chi connectivity index (χ2v) is 4.44. The summed E-state index contributed by atoms with van der Waals surface area (Å²) in [4.78, 5) is 21.4. The summed E-state index contributed by atoms with van der Waals surface area (Å²) in [6, 6.07) is 5.68. The Balaban J connectivity index is 2.54. The molecule has 1 atom stereocenters. The van der Waals surface area contributed by atoms with Crippen LogP contribution >= 0.6 is 15.9 Å². The molecule has 0 heterocycles. The number of non-ortho nitro benzene ring substituents is 1. The van der Waals surface area contributed by atoms with Gasteiger partial charge in [0.15, 0.2) is 0 Å². The average Bonchev–Trinajstić information content (AvgIpc) is 2.36. The van der Waals surface area contributed by atoms with Gasteiger partial charge in [0, 0.05) is 23.4 Å². The number of hydrogen-bond donors (Lipinski definition) is 1. The minimum atomic E-state index is -0.622. The lowest BCUT2D eigenvalue weighted by Crippen LogP contribution is -2.18. The highest BCUT2D eigenvalue weighted by Gasteiger charge is 2.09. The molecule has 0 aliphatic rings. The van der Waals surface area contributed by atoms with Gasteiger partial charge in [0.25, 0.3) is 5.69 Å². The van der Waals surface area contributed by atoms with Gasteiger partial charge in [0.1, 0.15) is 0 Å². The Morgan fingerprint density at radius 1 is 1.61 bits per heavy atom. The lowest BCUT2D eigenvalue weighted by molar-refractivity contribution is -0.384. The van der Waals surface area contributed by atoms with Crippen molar-refractivity contribution in [3.8, 4) is 0 Å². The molecule has 98 valence electrons. The number of ether oxygens (including phenoxy) is 1. The second kappa shape index (κ2) is 6.95. The average molecular weight is 317 g/mol. The summed E-state index contributed by atoms with van der Waals surface area (Å²) in [5.74, 6) is 0.209. The van der Waals surface area contributed by atoms with Crippen LogP contribution in [0.2, 0.25) is 0 Å². The molecule has 0 fully saturated rings. The van der Waals surface area contributed by atoms with Gasteiger partial charge in [-0.25, -0.2) is 4.79 Å². The minimum absolute atomic E-state index is 0.0818. The predicted octanol–water partition coefficient (Wildman–Crippen LogP) is 3.17. The number of rotatable bonds is 5. The monoisotopic (exact) mass is 316 g/mol. The van der Waals surface area contributed by atoms with Crippen molar-refractivity contribution in [3.63, 3.8) is 0 Å². The van der Waals surface area contributed by atoms with E-state index in [4.69, 9.17) is 4.74 Å². The van der Waals surface area contributed by atoms with Crippen molar-refractivity contribution >= 4 is 33.4 Å². The summed E-state index contributed by atoms with van der Waals surface area (Å²) in [6.45, 7) is 2.21. The molecular weight excluding hydrogens is 304 g/mol. The summed E-state index contributed by atoms with van der Waals surface area (Å²) in [5.41, 5.74) is 0.252. The van der Waals surface area contributed by atoms with E-state index < -0.39 is 11.0 Å². The largest absolute Gasteiger partial charge is 0.449 e. The van der Waals surface area contributed by atoms with E-state index in [-0.39, 0.29) is 18.2 Å². The van der Waals surface area contributed by atoms with Crippen LogP contribution in [-0.4, -0.2) is 23.0 Å². The van der Waals surface area contributed by atoms with Crippen molar-refractivity contribution in [2.45, 2.75) is 6.92 Å². The van der Waals surface area contributed by atoms with Crippen LogP contribution in [0, 0.1) is 16.0 Å². The highest BCUT2D eigenvalue weighted by Crippen LogP contribution is 2.17. The van der Waals surface area contributed by atoms with E-state index in [0.717, 1.165) is 5.33 Å². The Hall–Kier alpha value is -1.63. The molecule has 0 bridgehead atoms. The van der Waals surface area contributed by atoms with Crippen LogP contribution in [0.3, 0.4) is 0 Å². The maximum Gasteiger partial charge on any atom is 0.411 e. The van der Waals surface area contributed by atoms with Gasteiger partial charge in [0.2, 0.25) is 0 Å². The quantitative estimate of drug-likeness (QED) is 0.514. The van der Waals surface area contributed by atoms with Crippen LogP contribution in [0.4, 0.5) is 16.2 Å². The van der Waals surface area contributed by atoms with Crippen LogP contribution in [-0.2, 0) is 4.74 Å². The van der Waals surface area contributed by atoms with Crippen LogP contribution < -0.4 is 5.32 Å². The van der Waals surface area contributed by atoms with Crippen LogP contribution in [0.15, 0.2) is 24.3 Å². The number of alkyl halides is 1. The van der Waals surface area contributed by atoms with E-state index in [1.807, 2.05) is 6.92 Å². The van der Waals surface area contributed by atoms with E-state index in [1.54, 1.807) is 6.07 Å². The van der Waals surface area contributed by atoms with E-state index >= 15 is 0 Å². The molecule has 0 aromatic heterocycles. The Labute approximate surface area is 113 Å². The number of carbonyl (C=O) groups is 1. The third-order valence-corrected chi connectivity index (χ3v) is 3.17. The van der Waals surface area contributed by atoms with Gasteiger partial charge in [0.05, 0.1) is 17.2 Å². The lowest BCUT2D eigenvalue weighted by Gasteiger charge is -2.09. The van der Waals surface area contributed by atoms with Crippen molar-refractivity contribution < 1.29 is 14.5 Å². The molecule has 0 radical (unpaired) electrons. The summed E-state index contributed by atoms with van der Waals surface area (Å²) >= 11 is 3.27. The fraction of sp³-hybridized carbons (Fsp3) is 0.364. The molecule has 0 aliphatic heterocycles. The molecule has 1 aromatic rings. The third-order valence-electron chi connectivity index (χ3n) is 2.07. The molecule has 1 aromatic carbocycles. The smallest absolute Gasteiger partial charge is 0.411 e. The Bertz CT molecular complexity index is 439. The number of halogens is 1. The fourth-order valence-corrected chi connectivity index (χ4v) is 1.30. The first-order valence-electron chi connectivity index (χ1n) is 5.27. The molecule has 6 nitrogen and oxygen atoms in total. The Kier molecular flexibility index (Phi) is 5.57. The van der Waals surface area contributed by atoms with Gasteiger partial charge in [-0.2, -0.15) is 0 Å². The number of nitrogens with one attached hydrogen (secondary N) is 1. The minimum Gasteiger partial charge on any atom is -0.449 e. The summed E-state index contributed by atoms with van der Waals surface area (Å²) in [7, 11) is 0. The number of nitro benzene ring substituents is 1. The van der Waals surface area contributed by atoms with E-state index in [0.29, 0.717) is 5.69 Å². The first kappa shape index (κ1) is 14.4. The summed E-state index contributed by atoms with van der Waals surface area (Å²) < 4.78 is 4.95. The number of carbonyl (C=O) groups excluding carboxylic acids is 1. The van der Waals surface area contributed by atoms with E-state index in [1.165, 1.54) is 18.2 Å². The number of anilines is 1. The third kappa shape index (κ3) is 4.70. The number of amides is 1. The molecule has 0 aliphatic carbocycles. The predicted molar refractivity (Wildman–Crippen MR) is 71.0 cm³/mol. The molecular formula is C11H13BrN2O4. The van der Waals surface area contributed by atoms with Crippen LogP contribution in [0.25, 0.3) is 0 Å². The van der Waals surface area contributed by atoms with Crippen LogP contribution in [0.1, 0.15) is 6.92 Å². The standard InChI is InChI=1S/C11H13BrN2O4/c1-8(6-12)7-18-11(15)13-9-3-2-4-10(5-9)14(16)17/h2-5,8H,6-7H2,1H3,(H,13,15). The molecule has 7 heteroatoms. The topological polar surface area (TPSA) is 81.5 Å². The number of benzene rings is 1. The zero-order valence-electron chi connectivity index (χ0n) is 9.76. The Morgan fingerprint density at radius 2 is 2.33 bits per heavy atom. The fourth-order valence-electron chi connectivity index (χ4n) is 1.11. The highest BCUT2D eigenvalue weighted by atomic mass is 79.9. The molecule has 18 heavy (non-hydrogen) atoms. The van der Waals surface area contributed by atoms with Crippen molar-refractivity contribution in [2.75, 3.05) is 17.3 Å². The summed E-state index contributed by atoms with van der Waals surface area (Å²) in [5, 5.41) is 13.7. The van der Waals surface area contributed by atoms with Gasteiger partial charge < -0.3 is 4.74 Å². The highest BCUT2D eigenvalue weighted by molar-refractivity contribution is 9.09. The van der Waals surface area contributed by atoms with Crippen molar-refractivity contribution in [2.24, 2.45) is 5.92 Å². The zero-order chi connectivity index (χ0) is 13.5. The number of nitrogens with zero attached hydrogens (tertiary/aromatic N) is 1. The molecule has 1 amide bonds. The van der Waals surface area contributed by atoms with Crippen LogP contribution in [0.5, 0.6) is 0 Å². The molecule has 0 saturated carbocycles.